The van der Waals surface area contributed by atoms with Gasteiger partial charge in [-0.05, 0) is 69.5 Å². The number of hydrogen-bond acceptors (Lipinski definition) is 7. The van der Waals surface area contributed by atoms with Crippen LogP contribution in [0.2, 0.25) is 0 Å². The summed E-state index contributed by atoms with van der Waals surface area (Å²) in [6.07, 6.45) is 4.49. The normalized spacial score (nSPS) is 11.4. The Labute approximate surface area is 219 Å². The van der Waals surface area contributed by atoms with Crippen LogP contribution in [-0.2, 0) is 16.6 Å². The van der Waals surface area contributed by atoms with E-state index < -0.39 is 15.9 Å². The van der Waals surface area contributed by atoms with E-state index in [4.69, 9.17) is 4.74 Å². The summed E-state index contributed by atoms with van der Waals surface area (Å²) < 4.78 is 35.8. The molecule has 1 N–H and O–H groups in total. The quantitative estimate of drug-likeness (QED) is 0.329. The van der Waals surface area contributed by atoms with Gasteiger partial charge in [-0.25, -0.2) is 14.7 Å². The van der Waals surface area contributed by atoms with Gasteiger partial charge >= 0.3 is 0 Å². The third-order valence-corrected chi connectivity index (χ3v) is 6.89. The van der Waals surface area contributed by atoms with Crippen molar-refractivity contribution in [1.82, 2.24) is 24.5 Å². The Morgan fingerprint density at radius 3 is 2.46 bits per heavy atom. The zero-order chi connectivity index (χ0) is 26.7. The largest absolute Gasteiger partial charge is 0.438 e. The van der Waals surface area contributed by atoms with Crippen LogP contribution in [0.15, 0.2) is 59.9 Å². The van der Waals surface area contributed by atoms with Crippen LogP contribution in [0.4, 0.5) is 0 Å². The van der Waals surface area contributed by atoms with Crippen LogP contribution in [0.25, 0.3) is 11.3 Å². The van der Waals surface area contributed by atoms with Gasteiger partial charge in [-0.15, -0.1) is 0 Å². The number of aryl methyl sites for hydroxylation is 5. The molecule has 0 radical (unpaired) electrons. The van der Waals surface area contributed by atoms with Crippen molar-refractivity contribution in [2.45, 2.75) is 52.6 Å². The standard InChI is InChI=1S/C27H29N5O4S.2H2/c1-6-12-32-16-21(15-28-32)23-11-10-22(26(33)31-37(34,35)24-9-7-8-20(5)29-24)27(30-23)36-25-18(3)13-17(2)14-19(25)4;;/h7-11,13-16H,6,12H2,1-5H3,(H,31,33);2*1H. The Bertz CT molecular complexity index is 1570. The van der Waals surface area contributed by atoms with Crippen LogP contribution in [0.3, 0.4) is 0 Å². The summed E-state index contributed by atoms with van der Waals surface area (Å²) in [4.78, 5) is 21.9. The fraction of sp³-hybridized carbons (Fsp3) is 0.259. The Hall–Kier alpha value is -4.05. The molecule has 0 unspecified atom stereocenters. The Morgan fingerprint density at radius 2 is 1.78 bits per heavy atom. The molecule has 4 rings (SSSR count). The molecule has 3 aromatic heterocycles. The summed E-state index contributed by atoms with van der Waals surface area (Å²) in [5.74, 6) is -0.337. The zero-order valence-corrected chi connectivity index (χ0v) is 22.3. The fourth-order valence-corrected chi connectivity index (χ4v) is 5.00. The molecule has 0 aliphatic rings. The second kappa shape index (κ2) is 10.5. The van der Waals surface area contributed by atoms with Crippen molar-refractivity contribution in [2.24, 2.45) is 0 Å². The Morgan fingerprint density at radius 1 is 1.05 bits per heavy atom. The van der Waals surface area contributed by atoms with Crippen molar-refractivity contribution >= 4 is 15.9 Å². The summed E-state index contributed by atoms with van der Waals surface area (Å²) in [7, 11) is -4.21. The molecular weight excluding hydrogens is 490 g/mol. The second-order valence-electron chi connectivity index (χ2n) is 8.92. The number of aromatic nitrogens is 4. The van der Waals surface area contributed by atoms with E-state index in [1.165, 1.54) is 12.1 Å². The van der Waals surface area contributed by atoms with Gasteiger partial charge < -0.3 is 4.74 Å². The van der Waals surface area contributed by atoms with Gasteiger partial charge in [0.2, 0.25) is 5.88 Å². The maximum atomic E-state index is 13.2. The maximum absolute atomic E-state index is 13.2. The Kier molecular flexibility index (Phi) is 7.40. The second-order valence-corrected chi connectivity index (χ2v) is 10.6. The minimum absolute atomic E-state index is 0. The molecule has 0 saturated heterocycles. The topological polar surface area (TPSA) is 116 Å². The first-order chi connectivity index (χ1) is 17.6. The van der Waals surface area contributed by atoms with Crippen molar-refractivity contribution in [3.63, 3.8) is 0 Å². The number of amides is 1. The van der Waals surface area contributed by atoms with Crippen molar-refractivity contribution in [3.05, 3.63) is 82.8 Å². The SMILES string of the molecule is CCCn1cc(-c2ccc(C(=O)NS(=O)(=O)c3cccc(C)n3)c(Oc3c(C)cc(C)cc3C)n2)cn1.[HH].[HH]. The van der Waals surface area contributed by atoms with Gasteiger partial charge in [0.15, 0.2) is 5.03 Å². The van der Waals surface area contributed by atoms with Crippen LogP contribution in [0.5, 0.6) is 11.6 Å². The first kappa shape index (κ1) is 26.0. The number of carbonyl (C=O) groups excluding carboxylic acids is 1. The van der Waals surface area contributed by atoms with E-state index >= 15 is 0 Å². The molecule has 0 fully saturated rings. The number of sulfonamides is 1. The minimum atomic E-state index is -4.21. The maximum Gasteiger partial charge on any atom is 0.281 e. The van der Waals surface area contributed by atoms with Crippen LogP contribution < -0.4 is 9.46 Å². The number of benzene rings is 1. The molecule has 4 aromatic rings. The van der Waals surface area contributed by atoms with Crippen molar-refractivity contribution < 1.29 is 20.8 Å². The summed E-state index contributed by atoms with van der Waals surface area (Å²) in [5.41, 5.74) is 4.58. The van der Waals surface area contributed by atoms with E-state index in [1.54, 1.807) is 31.3 Å². The van der Waals surface area contributed by atoms with Gasteiger partial charge in [0.05, 0.1) is 11.9 Å². The minimum Gasteiger partial charge on any atom is -0.438 e. The highest BCUT2D eigenvalue weighted by atomic mass is 32.2. The average molecular weight is 524 g/mol. The predicted molar refractivity (Wildman–Crippen MR) is 144 cm³/mol. The molecule has 10 heteroatoms. The Balaban J connectivity index is 0.00000267. The predicted octanol–water partition coefficient (Wildman–Crippen LogP) is 5.39. The molecule has 1 amide bonds. The van der Waals surface area contributed by atoms with E-state index in [0.29, 0.717) is 17.1 Å². The average Bonchev–Trinajstić information content (AvgIpc) is 3.30. The highest BCUT2D eigenvalue weighted by Gasteiger charge is 2.25. The lowest BCUT2D eigenvalue weighted by atomic mass is 10.1. The first-order valence-electron chi connectivity index (χ1n) is 11.9. The molecule has 1 aromatic carbocycles. The summed E-state index contributed by atoms with van der Waals surface area (Å²) in [6.45, 7) is 10.3. The monoisotopic (exact) mass is 523 g/mol. The number of nitrogens with one attached hydrogen (secondary N) is 1. The fourth-order valence-electron chi connectivity index (χ4n) is 4.02. The van der Waals surface area contributed by atoms with Crippen molar-refractivity contribution in [1.29, 1.82) is 0 Å². The first-order valence-corrected chi connectivity index (χ1v) is 13.4. The van der Waals surface area contributed by atoms with E-state index in [0.717, 1.165) is 35.2 Å². The molecule has 0 aliphatic carbocycles. The van der Waals surface area contributed by atoms with E-state index in [-0.39, 0.29) is 19.3 Å². The van der Waals surface area contributed by atoms with E-state index in [2.05, 4.69) is 26.7 Å². The van der Waals surface area contributed by atoms with Gasteiger partial charge in [0.1, 0.15) is 11.3 Å². The number of carbonyl (C=O) groups is 1. The van der Waals surface area contributed by atoms with Gasteiger partial charge in [0, 0.05) is 26.9 Å². The van der Waals surface area contributed by atoms with E-state index in [9.17, 15) is 13.2 Å². The van der Waals surface area contributed by atoms with Gasteiger partial charge in [-0.1, -0.05) is 30.7 Å². The summed E-state index contributed by atoms with van der Waals surface area (Å²) in [6, 6.07) is 11.6. The van der Waals surface area contributed by atoms with Crippen LogP contribution in [0.1, 0.15) is 48.9 Å². The van der Waals surface area contributed by atoms with Crippen LogP contribution >= 0.6 is 0 Å². The number of nitrogens with zero attached hydrogens (tertiary/aromatic N) is 4. The third kappa shape index (κ3) is 5.86. The van der Waals surface area contributed by atoms with Gasteiger partial charge in [-0.3, -0.25) is 9.48 Å². The smallest absolute Gasteiger partial charge is 0.281 e. The molecule has 0 atom stereocenters. The van der Waals surface area contributed by atoms with Gasteiger partial charge in [-0.2, -0.15) is 13.5 Å². The van der Waals surface area contributed by atoms with Crippen LogP contribution in [0, 0.1) is 27.7 Å². The molecule has 0 spiro atoms. The summed E-state index contributed by atoms with van der Waals surface area (Å²) in [5, 5.41) is 4.10. The molecule has 0 saturated carbocycles. The highest BCUT2D eigenvalue weighted by Crippen LogP contribution is 2.32. The zero-order valence-electron chi connectivity index (χ0n) is 21.4. The van der Waals surface area contributed by atoms with Gasteiger partial charge in [0.25, 0.3) is 15.9 Å². The van der Waals surface area contributed by atoms with Crippen molar-refractivity contribution in [2.75, 3.05) is 0 Å². The number of rotatable bonds is 8. The summed E-state index contributed by atoms with van der Waals surface area (Å²) >= 11 is 0. The lowest BCUT2D eigenvalue weighted by Gasteiger charge is -2.15. The molecule has 9 nitrogen and oxygen atoms in total. The molecule has 0 aliphatic heterocycles. The molecular formula is C27H33N5O4S. The number of pyridine rings is 2. The third-order valence-electron chi connectivity index (χ3n) is 5.66. The number of ether oxygens (including phenoxy) is 1. The van der Waals surface area contributed by atoms with Crippen LogP contribution in [-0.4, -0.2) is 34.1 Å². The molecule has 37 heavy (non-hydrogen) atoms. The number of hydrogen-bond donors (Lipinski definition) is 1. The van der Waals surface area contributed by atoms with Crippen molar-refractivity contribution in [3.8, 4) is 22.9 Å². The lowest BCUT2D eigenvalue weighted by molar-refractivity contribution is 0.0978. The lowest BCUT2D eigenvalue weighted by Crippen LogP contribution is -2.31. The molecule has 196 valence electrons. The molecule has 3 heterocycles. The highest BCUT2D eigenvalue weighted by molar-refractivity contribution is 7.90. The molecule has 0 bridgehead atoms. The van der Waals surface area contributed by atoms with E-state index in [1.807, 2.05) is 43.8 Å².